The third-order valence-electron chi connectivity index (χ3n) is 4.36. The van der Waals surface area contributed by atoms with Gasteiger partial charge in [0.2, 0.25) is 0 Å². The average molecular weight is 454 g/mol. The molecule has 3 rings (SSSR count). The second-order valence-corrected chi connectivity index (χ2v) is 8.79. The first-order valence-electron chi connectivity index (χ1n) is 8.41. The Balaban J connectivity index is 1.86. The van der Waals surface area contributed by atoms with Crippen LogP contribution in [0.2, 0.25) is 0 Å². The topological polar surface area (TPSA) is 92.0 Å². The van der Waals surface area contributed by atoms with Crippen LogP contribution in [-0.4, -0.2) is 38.7 Å². The Morgan fingerprint density at radius 2 is 2.04 bits per heavy atom. The average Bonchev–Trinajstić information content (AvgIpc) is 3.10. The molecule has 0 spiro atoms. The molecule has 0 saturated carbocycles. The van der Waals surface area contributed by atoms with E-state index in [9.17, 15) is 13.2 Å². The van der Waals surface area contributed by atoms with E-state index in [1.807, 2.05) is 11.9 Å². The SMILES string of the molecule is Cc1oc(C)c(C(=O)Nc2cccc(S(=O)(=O)N=C3CCCN3C)c2)c1Br. The largest absolute Gasteiger partial charge is 0.465 e. The maximum absolute atomic E-state index is 12.6. The Kier molecular flexibility index (Phi) is 5.43. The molecule has 0 atom stereocenters. The van der Waals surface area contributed by atoms with Crippen LogP contribution in [0.1, 0.15) is 34.7 Å². The predicted molar refractivity (Wildman–Crippen MR) is 107 cm³/mol. The minimum absolute atomic E-state index is 0.0345. The van der Waals surface area contributed by atoms with Gasteiger partial charge < -0.3 is 14.6 Å². The normalized spacial score (nSPS) is 16.1. The molecule has 0 bridgehead atoms. The lowest BCUT2D eigenvalue weighted by atomic mass is 10.2. The fourth-order valence-electron chi connectivity index (χ4n) is 2.94. The lowest BCUT2D eigenvalue weighted by Crippen LogP contribution is -2.20. The zero-order valence-corrected chi connectivity index (χ0v) is 17.6. The van der Waals surface area contributed by atoms with E-state index in [1.54, 1.807) is 26.0 Å². The van der Waals surface area contributed by atoms with E-state index in [2.05, 4.69) is 25.6 Å². The summed E-state index contributed by atoms with van der Waals surface area (Å²) in [4.78, 5) is 14.4. The van der Waals surface area contributed by atoms with Gasteiger partial charge in [0.25, 0.3) is 15.9 Å². The number of furan rings is 1. The van der Waals surface area contributed by atoms with Crippen molar-refractivity contribution in [3.8, 4) is 0 Å². The van der Waals surface area contributed by atoms with Crippen molar-refractivity contribution in [2.75, 3.05) is 18.9 Å². The van der Waals surface area contributed by atoms with Crippen LogP contribution < -0.4 is 5.32 Å². The smallest absolute Gasteiger partial charge is 0.284 e. The molecule has 1 aromatic heterocycles. The molecule has 2 aromatic rings. The van der Waals surface area contributed by atoms with Crippen molar-refractivity contribution in [3.63, 3.8) is 0 Å². The number of benzene rings is 1. The number of carbonyl (C=O) groups is 1. The van der Waals surface area contributed by atoms with E-state index in [4.69, 9.17) is 4.42 Å². The predicted octanol–water partition coefficient (Wildman–Crippen LogP) is 3.72. The van der Waals surface area contributed by atoms with Crippen molar-refractivity contribution in [2.45, 2.75) is 31.6 Å². The van der Waals surface area contributed by atoms with Gasteiger partial charge in [-0.2, -0.15) is 8.42 Å². The van der Waals surface area contributed by atoms with E-state index in [0.29, 0.717) is 39.5 Å². The molecule has 1 fully saturated rings. The van der Waals surface area contributed by atoms with Crippen molar-refractivity contribution >= 4 is 43.4 Å². The number of carbonyl (C=O) groups excluding carboxylic acids is 1. The minimum Gasteiger partial charge on any atom is -0.465 e. The fourth-order valence-corrected chi connectivity index (χ4v) is 4.62. The molecule has 1 aliphatic rings. The van der Waals surface area contributed by atoms with Crippen molar-refractivity contribution in [3.05, 3.63) is 45.8 Å². The molecule has 0 aliphatic carbocycles. The van der Waals surface area contributed by atoms with Crippen LogP contribution in [0.15, 0.2) is 42.4 Å². The highest BCUT2D eigenvalue weighted by Gasteiger charge is 2.22. The van der Waals surface area contributed by atoms with Gasteiger partial charge in [-0.1, -0.05) is 6.07 Å². The number of hydrogen-bond donors (Lipinski definition) is 1. The lowest BCUT2D eigenvalue weighted by molar-refractivity contribution is 0.102. The third kappa shape index (κ3) is 4.08. The van der Waals surface area contributed by atoms with Crippen LogP contribution in [-0.2, 0) is 10.0 Å². The molecule has 1 amide bonds. The van der Waals surface area contributed by atoms with Crippen LogP contribution >= 0.6 is 15.9 Å². The number of rotatable bonds is 4. The number of amidine groups is 1. The van der Waals surface area contributed by atoms with Crippen LogP contribution in [0.3, 0.4) is 0 Å². The van der Waals surface area contributed by atoms with E-state index in [1.165, 1.54) is 12.1 Å². The van der Waals surface area contributed by atoms with E-state index in [0.717, 1.165) is 13.0 Å². The maximum atomic E-state index is 12.6. The van der Waals surface area contributed by atoms with Gasteiger partial charge in [0, 0.05) is 25.7 Å². The molecular weight excluding hydrogens is 434 g/mol. The minimum atomic E-state index is -3.84. The molecule has 0 radical (unpaired) electrons. The summed E-state index contributed by atoms with van der Waals surface area (Å²) < 4.78 is 35.2. The molecule has 1 aromatic carbocycles. The van der Waals surface area contributed by atoms with Crippen LogP contribution in [0.5, 0.6) is 0 Å². The van der Waals surface area contributed by atoms with Gasteiger partial charge in [0.15, 0.2) is 0 Å². The number of likely N-dealkylation sites (tertiary alicyclic amines) is 1. The quantitative estimate of drug-likeness (QED) is 0.760. The zero-order valence-electron chi connectivity index (χ0n) is 15.2. The van der Waals surface area contributed by atoms with Gasteiger partial charge in [0.1, 0.15) is 17.4 Å². The summed E-state index contributed by atoms with van der Waals surface area (Å²) in [5, 5.41) is 2.72. The summed E-state index contributed by atoms with van der Waals surface area (Å²) in [6.45, 7) is 4.24. The van der Waals surface area contributed by atoms with Crippen molar-refractivity contribution in [1.29, 1.82) is 0 Å². The highest BCUT2D eigenvalue weighted by atomic mass is 79.9. The van der Waals surface area contributed by atoms with E-state index in [-0.39, 0.29) is 10.8 Å². The van der Waals surface area contributed by atoms with Crippen molar-refractivity contribution in [2.24, 2.45) is 4.40 Å². The maximum Gasteiger partial charge on any atom is 0.284 e. The second-order valence-electron chi connectivity index (χ2n) is 6.39. The summed E-state index contributed by atoms with van der Waals surface area (Å²) in [7, 11) is -2.02. The van der Waals surface area contributed by atoms with Crippen LogP contribution in [0.4, 0.5) is 5.69 Å². The van der Waals surface area contributed by atoms with Gasteiger partial charge in [-0.15, -0.1) is 4.40 Å². The number of nitrogens with zero attached hydrogens (tertiary/aromatic N) is 2. The number of halogens is 1. The van der Waals surface area contributed by atoms with Gasteiger partial charge in [0.05, 0.1) is 14.9 Å². The molecule has 9 heteroatoms. The Bertz CT molecular complexity index is 1030. The molecule has 1 N–H and O–H groups in total. The highest BCUT2D eigenvalue weighted by molar-refractivity contribution is 9.10. The Hall–Kier alpha value is -2.13. The molecule has 1 saturated heterocycles. The molecule has 144 valence electrons. The molecule has 1 aliphatic heterocycles. The number of amides is 1. The summed E-state index contributed by atoms with van der Waals surface area (Å²) in [6.07, 6.45) is 1.53. The molecule has 0 unspecified atom stereocenters. The van der Waals surface area contributed by atoms with Crippen LogP contribution in [0, 0.1) is 13.8 Å². The van der Waals surface area contributed by atoms with E-state index >= 15 is 0 Å². The Labute approximate surface area is 166 Å². The molecular formula is C18H20BrN3O4S. The number of anilines is 1. The zero-order chi connectivity index (χ0) is 19.8. The monoisotopic (exact) mass is 453 g/mol. The first-order valence-corrected chi connectivity index (χ1v) is 10.6. The first-order chi connectivity index (χ1) is 12.7. The number of hydrogen-bond acceptors (Lipinski definition) is 4. The summed E-state index contributed by atoms with van der Waals surface area (Å²) in [6, 6.07) is 6.07. The standard InChI is InChI=1S/C18H20BrN3O4S/c1-11-16(17(19)12(2)26-11)18(23)20-13-6-4-7-14(10-13)27(24,25)21-15-8-5-9-22(15)3/h4,6-7,10H,5,8-9H2,1-3H3,(H,20,23). The van der Waals surface area contributed by atoms with Gasteiger partial charge in [-0.3, -0.25) is 4.79 Å². The fraction of sp³-hybridized carbons (Fsp3) is 0.333. The number of aryl methyl sites for hydroxylation is 2. The highest BCUT2D eigenvalue weighted by Crippen LogP contribution is 2.28. The van der Waals surface area contributed by atoms with Gasteiger partial charge >= 0.3 is 0 Å². The van der Waals surface area contributed by atoms with Gasteiger partial charge in [-0.05, 0) is 54.4 Å². The van der Waals surface area contributed by atoms with Crippen LogP contribution in [0.25, 0.3) is 0 Å². The second kappa shape index (κ2) is 7.47. The summed E-state index contributed by atoms with van der Waals surface area (Å²) in [5.41, 5.74) is 0.750. The Morgan fingerprint density at radius 3 is 2.63 bits per heavy atom. The summed E-state index contributed by atoms with van der Waals surface area (Å²) >= 11 is 3.34. The first kappa shape index (κ1) is 19.6. The lowest BCUT2D eigenvalue weighted by Gasteiger charge is -2.11. The van der Waals surface area contributed by atoms with E-state index < -0.39 is 10.0 Å². The molecule has 27 heavy (non-hydrogen) atoms. The number of nitrogens with one attached hydrogen (secondary N) is 1. The summed E-state index contributed by atoms with van der Waals surface area (Å²) in [5.74, 6) is 1.26. The van der Waals surface area contributed by atoms with Crippen molar-refractivity contribution < 1.29 is 17.6 Å². The third-order valence-corrected chi connectivity index (χ3v) is 6.62. The van der Waals surface area contributed by atoms with Gasteiger partial charge in [-0.25, -0.2) is 0 Å². The Morgan fingerprint density at radius 1 is 1.30 bits per heavy atom. The van der Waals surface area contributed by atoms with Crippen molar-refractivity contribution in [1.82, 2.24) is 4.90 Å². The number of sulfonamides is 1. The molecule has 2 heterocycles. The molecule has 7 nitrogen and oxygen atoms in total.